The van der Waals surface area contributed by atoms with Crippen molar-refractivity contribution in [1.82, 2.24) is 4.98 Å². The zero-order chi connectivity index (χ0) is 21.7. The van der Waals surface area contributed by atoms with Gasteiger partial charge in [-0.3, -0.25) is 9.98 Å². The van der Waals surface area contributed by atoms with E-state index in [4.69, 9.17) is 17.3 Å². The molecule has 1 saturated carbocycles. The van der Waals surface area contributed by atoms with E-state index in [0.29, 0.717) is 23.4 Å². The quantitative estimate of drug-likeness (QED) is 0.755. The SMILES string of the molecule is C[C@@]1(c2cc(/C=C(\F)c3ccc(Cl)cn3)ccc2F)CS(=O)(=O)C2(CCC2)C(N)=N1. The van der Waals surface area contributed by atoms with E-state index in [-0.39, 0.29) is 22.8 Å². The summed E-state index contributed by atoms with van der Waals surface area (Å²) >= 11 is 5.77. The molecule has 9 heteroatoms. The first kappa shape index (κ1) is 20.9. The maximum Gasteiger partial charge on any atom is 0.165 e. The van der Waals surface area contributed by atoms with Gasteiger partial charge in [0.15, 0.2) is 9.84 Å². The van der Waals surface area contributed by atoms with Crippen LogP contribution in [0.25, 0.3) is 11.9 Å². The van der Waals surface area contributed by atoms with E-state index in [9.17, 15) is 17.2 Å². The minimum Gasteiger partial charge on any atom is -0.386 e. The number of halogens is 3. The molecular formula is C21H20ClF2N3O2S. The van der Waals surface area contributed by atoms with E-state index in [0.717, 1.165) is 6.42 Å². The zero-order valence-corrected chi connectivity index (χ0v) is 17.8. The Bertz CT molecular complexity index is 1180. The van der Waals surface area contributed by atoms with E-state index in [1.807, 2.05) is 0 Å². The van der Waals surface area contributed by atoms with Crippen LogP contribution in [0.1, 0.15) is 43.0 Å². The Labute approximate surface area is 178 Å². The molecule has 0 unspecified atom stereocenters. The smallest absolute Gasteiger partial charge is 0.165 e. The topological polar surface area (TPSA) is 85.4 Å². The lowest BCUT2D eigenvalue weighted by atomic mass is 9.82. The minimum absolute atomic E-state index is 0.0272. The molecule has 1 fully saturated rings. The molecule has 5 nitrogen and oxygen atoms in total. The van der Waals surface area contributed by atoms with Crippen molar-refractivity contribution in [2.24, 2.45) is 10.7 Å². The maximum atomic E-state index is 14.7. The first-order chi connectivity index (χ1) is 14.1. The number of aromatic nitrogens is 1. The van der Waals surface area contributed by atoms with Gasteiger partial charge < -0.3 is 5.73 Å². The highest BCUT2D eigenvalue weighted by molar-refractivity contribution is 7.93. The molecule has 0 bridgehead atoms. The fourth-order valence-corrected chi connectivity index (χ4v) is 6.68. The van der Waals surface area contributed by atoms with Crippen LogP contribution in [0.3, 0.4) is 0 Å². The highest BCUT2D eigenvalue weighted by Crippen LogP contribution is 2.47. The summed E-state index contributed by atoms with van der Waals surface area (Å²) in [5.74, 6) is -1.59. The average molecular weight is 452 g/mol. The van der Waals surface area contributed by atoms with Gasteiger partial charge in [-0.1, -0.05) is 17.7 Å². The molecule has 2 heterocycles. The van der Waals surface area contributed by atoms with Crippen LogP contribution in [-0.2, 0) is 15.4 Å². The average Bonchev–Trinajstić information content (AvgIpc) is 2.61. The molecule has 1 aliphatic carbocycles. The van der Waals surface area contributed by atoms with Crippen LogP contribution in [0.2, 0.25) is 5.02 Å². The van der Waals surface area contributed by atoms with Crippen LogP contribution in [0.15, 0.2) is 41.5 Å². The number of sulfone groups is 1. The van der Waals surface area contributed by atoms with Gasteiger partial charge in [-0.2, -0.15) is 0 Å². The number of amidine groups is 1. The van der Waals surface area contributed by atoms with E-state index >= 15 is 0 Å². The molecule has 0 radical (unpaired) electrons. The van der Waals surface area contributed by atoms with Gasteiger partial charge in [-0.05, 0) is 62.1 Å². The summed E-state index contributed by atoms with van der Waals surface area (Å²) in [5.41, 5.74) is 5.15. The van der Waals surface area contributed by atoms with Crippen LogP contribution in [0, 0.1) is 5.82 Å². The molecule has 2 N–H and O–H groups in total. The zero-order valence-electron chi connectivity index (χ0n) is 16.2. The summed E-state index contributed by atoms with van der Waals surface area (Å²) in [6.45, 7) is 1.53. The normalized spacial score (nSPS) is 24.9. The van der Waals surface area contributed by atoms with Crippen molar-refractivity contribution in [3.8, 4) is 0 Å². The van der Waals surface area contributed by atoms with Crippen molar-refractivity contribution in [2.45, 2.75) is 36.5 Å². The lowest BCUT2D eigenvalue weighted by Crippen LogP contribution is -2.61. The Kier molecular flexibility index (Phi) is 4.97. The summed E-state index contributed by atoms with van der Waals surface area (Å²) < 4.78 is 54.2. The van der Waals surface area contributed by atoms with Gasteiger partial charge in [0.25, 0.3) is 0 Å². The second-order valence-electron chi connectivity index (χ2n) is 7.97. The molecule has 1 aliphatic heterocycles. The fourth-order valence-electron chi connectivity index (χ4n) is 4.05. The molecule has 1 spiro atoms. The summed E-state index contributed by atoms with van der Waals surface area (Å²) in [5, 5.41) is 0.377. The third-order valence-corrected chi connectivity index (χ3v) is 8.87. The summed E-state index contributed by atoms with van der Waals surface area (Å²) in [4.78, 5) is 8.35. The largest absolute Gasteiger partial charge is 0.386 e. The molecule has 2 aromatic rings. The van der Waals surface area contributed by atoms with E-state index in [1.54, 1.807) is 0 Å². The standard InChI is InChI=1S/C21H20ClF2N3O2S/c1-20(12-30(28,29)21(7-2-8-21)19(25)27-20)15-9-13(3-5-16(15)23)10-17(24)18-6-4-14(22)11-26-18/h3-6,9-11H,2,7-8,12H2,1H3,(H2,25,27)/b17-10-/t20-/m0/s1. The van der Waals surface area contributed by atoms with Gasteiger partial charge in [0.1, 0.15) is 27.8 Å². The van der Waals surface area contributed by atoms with Crippen molar-refractivity contribution in [2.75, 3.05) is 5.75 Å². The van der Waals surface area contributed by atoms with Crippen molar-refractivity contribution >= 4 is 39.2 Å². The van der Waals surface area contributed by atoms with Gasteiger partial charge in [-0.15, -0.1) is 0 Å². The number of benzene rings is 1. The number of hydrogen-bond donors (Lipinski definition) is 1. The summed E-state index contributed by atoms with van der Waals surface area (Å²) in [6, 6.07) is 6.90. The first-order valence-electron chi connectivity index (χ1n) is 9.44. The molecular weight excluding hydrogens is 432 g/mol. The molecule has 1 aromatic carbocycles. The van der Waals surface area contributed by atoms with Crippen LogP contribution in [0.5, 0.6) is 0 Å². The van der Waals surface area contributed by atoms with E-state index in [1.165, 1.54) is 49.5 Å². The lowest BCUT2D eigenvalue weighted by Gasteiger charge is -2.46. The van der Waals surface area contributed by atoms with Gasteiger partial charge >= 0.3 is 0 Å². The number of nitrogens with zero attached hydrogens (tertiary/aromatic N) is 2. The van der Waals surface area contributed by atoms with Crippen molar-refractivity contribution in [3.63, 3.8) is 0 Å². The van der Waals surface area contributed by atoms with Crippen LogP contribution in [0.4, 0.5) is 8.78 Å². The lowest BCUT2D eigenvalue weighted by molar-refractivity contribution is 0.388. The predicted octanol–water partition coefficient (Wildman–Crippen LogP) is 4.27. The molecule has 158 valence electrons. The highest BCUT2D eigenvalue weighted by atomic mass is 35.5. The molecule has 1 aromatic heterocycles. The number of hydrogen-bond acceptors (Lipinski definition) is 5. The minimum atomic E-state index is -3.63. The van der Waals surface area contributed by atoms with E-state index < -0.39 is 31.8 Å². The van der Waals surface area contributed by atoms with Crippen molar-refractivity contribution < 1.29 is 17.2 Å². The molecule has 30 heavy (non-hydrogen) atoms. The number of rotatable bonds is 3. The van der Waals surface area contributed by atoms with Gasteiger partial charge in [0.2, 0.25) is 0 Å². The third-order valence-electron chi connectivity index (χ3n) is 5.90. The second kappa shape index (κ2) is 7.13. The Morgan fingerprint density at radius 2 is 2.00 bits per heavy atom. The Morgan fingerprint density at radius 1 is 1.27 bits per heavy atom. The molecule has 1 atom stereocenters. The molecule has 2 aliphatic rings. The Morgan fingerprint density at radius 3 is 2.57 bits per heavy atom. The number of nitrogens with two attached hydrogens (primary N) is 1. The van der Waals surface area contributed by atoms with Gasteiger partial charge in [-0.25, -0.2) is 17.2 Å². The highest BCUT2D eigenvalue weighted by Gasteiger charge is 2.58. The van der Waals surface area contributed by atoms with Crippen molar-refractivity contribution in [1.29, 1.82) is 0 Å². The third kappa shape index (κ3) is 3.32. The van der Waals surface area contributed by atoms with E-state index in [2.05, 4.69) is 9.98 Å². The van der Waals surface area contributed by atoms with Gasteiger partial charge in [0, 0.05) is 11.8 Å². The van der Waals surface area contributed by atoms with Gasteiger partial charge in [0.05, 0.1) is 16.5 Å². The molecule has 4 rings (SSSR count). The monoisotopic (exact) mass is 451 g/mol. The summed E-state index contributed by atoms with van der Waals surface area (Å²) in [6.07, 6.45) is 4.15. The molecule has 0 saturated heterocycles. The maximum absolute atomic E-state index is 14.7. The second-order valence-corrected chi connectivity index (χ2v) is 10.7. The van der Waals surface area contributed by atoms with Crippen LogP contribution >= 0.6 is 11.6 Å². The predicted molar refractivity (Wildman–Crippen MR) is 114 cm³/mol. The fraction of sp³-hybridized carbons (Fsp3) is 0.333. The Balaban J connectivity index is 1.75. The van der Waals surface area contributed by atoms with Crippen LogP contribution in [-0.4, -0.2) is 29.7 Å². The number of aliphatic imine (C=N–C) groups is 1. The van der Waals surface area contributed by atoms with Crippen molar-refractivity contribution in [3.05, 3.63) is 64.2 Å². The molecule has 0 amide bonds. The first-order valence-corrected chi connectivity index (χ1v) is 11.5. The summed E-state index contributed by atoms with van der Waals surface area (Å²) in [7, 11) is -3.63. The number of pyridine rings is 1. The van der Waals surface area contributed by atoms with Crippen LogP contribution < -0.4 is 5.73 Å². The Hall–Kier alpha value is -2.32.